The van der Waals surface area contributed by atoms with Crippen molar-refractivity contribution >= 4 is 56.8 Å². The van der Waals surface area contributed by atoms with Crippen molar-refractivity contribution in [1.29, 1.82) is 10.5 Å². The molecule has 0 aliphatic carbocycles. The zero-order chi connectivity index (χ0) is 21.9. The molecule has 0 saturated carbocycles. The van der Waals surface area contributed by atoms with E-state index >= 15 is 0 Å². The summed E-state index contributed by atoms with van der Waals surface area (Å²) in [5, 5.41) is 17.7. The van der Waals surface area contributed by atoms with E-state index in [1.807, 2.05) is 12.1 Å². The maximum absolute atomic E-state index is 12.4. The van der Waals surface area contributed by atoms with E-state index in [0.717, 1.165) is 0 Å². The molecule has 2 unspecified atom stereocenters. The fourth-order valence-electron chi connectivity index (χ4n) is 2.44. The molecule has 3 rings (SSSR count). The minimum absolute atomic E-state index is 0.333. The average molecular weight is 477 g/mol. The number of rotatable bonds is 4. The third kappa shape index (κ3) is 6.64. The molecule has 1 aliphatic heterocycles. The van der Waals surface area contributed by atoms with Gasteiger partial charge in [-0.1, -0.05) is 21.6 Å². The summed E-state index contributed by atoms with van der Waals surface area (Å²) in [5.74, 6) is -0.0569. The molecule has 0 spiro atoms. The molecule has 0 radical (unpaired) electrons. The van der Waals surface area contributed by atoms with Gasteiger partial charge >= 0.3 is 11.9 Å². The van der Waals surface area contributed by atoms with Crippen LogP contribution < -0.4 is 0 Å². The first-order chi connectivity index (χ1) is 14.6. The largest absolute Gasteiger partial charge is 0.454 e. The van der Waals surface area contributed by atoms with Crippen LogP contribution in [0.1, 0.15) is 31.8 Å². The molecule has 0 aromatic heterocycles. The second kappa shape index (κ2) is 12.5. The highest BCUT2D eigenvalue weighted by molar-refractivity contribution is 8.76. The predicted octanol–water partition coefficient (Wildman–Crippen LogP) is 4.34. The maximum Gasteiger partial charge on any atom is 0.338 e. The quantitative estimate of drug-likeness (QED) is 0.382. The lowest BCUT2D eigenvalue weighted by Gasteiger charge is -2.29. The lowest BCUT2D eigenvalue weighted by atomic mass is 10.1. The lowest BCUT2D eigenvalue weighted by molar-refractivity contribution is -0.0212. The Hall–Kier alpha value is -2.24. The summed E-state index contributed by atoms with van der Waals surface area (Å²) in [6, 6.07) is 16.3. The van der Waals surface area contributed by atoms with Crippen LogP contribution in [0.15, 0.2) is 48.5 Å². The molecule has 154 valence electrons. The Labute approximate surface area is 192 Å². The second-order valence-electron chi connectivity index (χ2n) is 5.83. The predicted molar refractivity (Wildman–Crippen MR) is 124 cm³/mol. The van der Waals surface area contributed by atoms with E-state index in [1.165, 1.54) is 24.3 Å². The van der Waals surface area contributed by atoms with E-state index in [-0.39, 0.29) is 0 Å². The van der Waals surface area contributed by atoms with Crippen molar-refractivity contribution in [2.24, 2.45) is 0 Å². The van der Waals surface area contributed by atoms with Crippen LogP contribution in [0.25, 0.3) is 0 Å². The molecule has 0 amide bonds. The third-order valence-electron chi connectivity index (χ3n) is 3.98. The summed E-state index contributed by atoms with van der Waals surface area (Å²) in [6.07, 6.45) is -1.14. The van der Waals surface area contributed by atoms with Gasteiger partial charge in [-0.15, -0.1) is 23.3 Å². The van der Waals surface area contributed by atoms with Crippen LogP contribution in [-0.2, 0) is 9.47 Å². The van der Waals surface area contributed by atoms with Crippen LogP contribution in [-0.4, -0.2) is 35.7 Å². The topological polar surface area (TPSA) is 100 Å². The van der Waals surface area contributed by atoms with Crippen LogP contribution in [0.3, 0.4) is 0 Å². The van der Waals surface area contributed by atoms with Gasteiger partial charge in [-0.3, -0.25) is 0 Å². The highest BCUT2D eigenvalue weighted by Crippen LogP contribution is 2.33. The fourth-order valence-corrected chi connectivity index (χ4v) is 4.85. The Bertz CT molecular complexity index is 873. The SMILES string of the molecule is N#Cc1ccc(C(=O)OC2CSSCC2OC(=O)c2ccc(C#N)cc2)cc1.SS. The number of hydrogen-bond acceptors (Lipinski definition) is 10. The van der Waals surface area contributed by atoms with Gasteiger partial charge in [-0.05, 0) is 48.5 Å². The summed E-state index contributed by atoms with van der Waals surface area (Å²) in [7, 11) is 3.09. The van der Waals surface area contributed by atoms with Crippen molar-refractivity contribution in [3.8, 4) is 12.1 Å². The van der Waals surface area contributed by atoms with Crippen LogP contribution in [0.5, 0.6) is 0 Å². The summed E-state index contributed by atoms with van der Waals surface area (Å²) in [4.78, 5) is 24.8. The van der Waals surface area contributed by atoms with Crippen molar-refractivity contribution in [3.63, 3.8) is 0 Å². The Morgan fingerprint density at radius 2 is 1.10 bits per heavy atom. The van der Waals surface area contributed by atoms with Crippen molar-refractivity contribution < 1.29 is 19.1 Å². The summed E-state index contributed by atoms with van der Waals surface area (Å²) in [6.45, 7) is 0. The number of benzene rings is 2. The van der Waals surface area contributed by atoms with Crippen molar-refractivity contribution in [2.75, 3.05) is 11.5 Å². The van der Waals surface area contributed by atoms with Gasteiger partial charge in [0.05, 0.1) is 34.4 Å². The number of nitriles is 2. The molecule has 2 aromatic carbocycles. The van der Waals surface area contributed by atoms with Gasteiger partial charge in [0, 0.05) is 11.5 Å². The Morgan fingerprint density at radius 1 is 0.767 bits per heavy atom. The number of carbonyl (C=O) groups is 2. The van der Waals surface area contributed by atoms with E-state index in [2.05, 4.69) is 23.3 Å². The van der Waals surface area contributed by atoms with E-state index < -0.39 is 24.1 Å². The maximum atomic E-state index is 12.4. The first-order valence-corrected chi connectivity index (χ1v) is 12.6. The molecule has 2 atom stereocenters. The van der Waals surface area contributed by atoms with Crippen LogP contribution >= 0.6 is 44.9 Å². The first kappa shape index (κ1) is 24.0. The van der Waals surface area contributed by atoms with Crippen molar-refractivity contribution in [3.05, 3.63) is 70.8 Å². The number of esters is 2. The monoisotopic (exact) mass is 476 g/mol. The van der Waals surface area contributed by atoms with Gasteiger partial charge < -0.3 is 9.47 Å². The molecule has 30 heavy (non-hydrogen) atoms. The van der Waals surface area contributed by atoms with Crippen LogP contribution in [0.4, 0.5) is 0 Å². The van der Waals surface area contributed by atoms with Gasteiger partial charge in [0.2, 0.25) is 0 Å². The molecule has 6 nitrogen and oxygen atoms in total. The number of nitrogens with zero attached hydrogens (tertiary/aromatic N) is 2. The van der Waals surface area contributed by atoms with E-state index in [1.54, 1.807) is 45.9 Å². The normalized spacial score (nSPS) is 17.3. The molecule has 10 heteroatoms. The minimum atomic E-state index is -0.572. The third-order valence-corrected chi connectivity index (χ3v) is 6.39. The zero-order valence-corrected chi connectivity index (χ0v) is 18.8. The Balaban J connectivity index is 0.00000155. The highest BCUT2D eigenvalue weighted by Gasteiger charge is 2.33. The molecule has 2 aromatic rings. The molecule has 1 saturated heterocycles. The molecule has 1 aliphatic rings. The van der Waals surface area contributed by atoms with Crippen LogP contribution in [0.2, 0.25) is 0 Å². The standard InChI is InChI=1S/C20H14N2O4S2.H2S2/c21-9-13-1-5-15(6-2-13)19(23)25-17-11-27-28-12-18(17)26-20(24)16-7-3-14(10-22)4-8-16;1-2/h1-8,17-18H,11-12H2;1-2H. The molecule has 0 bridgehead atoms. The zero-order valence-electron chi connectivity index (χ0n) is 15.4. The number of thiol groups is 2. The van der Waals surface area contributed by atoms with Crippen molar-refractivity contribution in [1.82, 2.24) is 0 Å². The summed E-state index contributed by atoms with van der Waals surface area (Å²) < 4.78 is 11.1. The number of ether oxygens (including phenoxy) is 2. The van der Waals surface area contributed by atoms with Gasteiger partial charge in [-0.2, -0.15) is 10.5 Å². The van der Waals surface area contributed by atoms with E-state index in [4.69, 9.17) is 20.0 Å². The van der Waals surface area contributed by atoms with Gasteiger partial charge in [0.25, 0.3) is 0 Å². The Kier molecular flexibility index (Phi) is 9.98. The van der Waals surface area contributed by atoms with E-state index in [0.29, 0.717) is 33.8 Å². The highest BCUT2D eigenvalue weighted by atomic mass is 33.1. The van der Waals surface area contributed by atoms with Gasteiger partial charge in [0.1, 0.15) is 12.2 Å². The molecular weight excluding hydrogens is 460 g/mol. The first-order valence-electron chi connectivity index (χ1n) is 8.47. The van der Waals surface area contributed by atoms with Gasteiger partial charge in [-0.25, -0.2) is 9.59 Å². The molecule has 0 N–H and O–H groups in total. The minimum Gasteiger partial charge on any atom is -0.454 e. The smallest absolute Gasteiger partial charge is 0.338 e. The molecule has 1 heterocycles. The fraction of sp³-hybridized carbons (Fsp3) is 0.200. The second-order valence-corrected chi connectivity index (χ2v) is 8.39. The summed E-state index contributed by atoms with van der Waals surface area (Å²) in [5.41, 5.74) is 1.57. The Morgan fingerprint density at radius 3 is 1.40 bits per heavy atom. The van der Waals surface area contributed by atoms with Gasteiger partial charge in [0.15, 0.2) is 0 Å². The van der Waals surface area contributed by atoms with E-state index in [9.17, 15) is 9.59 Å². The number of carbonyl (C=O) groups excluding carboxylic acids is 2. The number of hydrogen-bond donors (Lipinski definition) is 2. The molecular formula is C20H16N2O4S4. The van der Waals surface area contributed by atoms with Crippen LogP contribution in [0, 0.1) is 22.7 Å². The van der Waals surface area contributed by atoms with Crippen molar-refractivity contribution in [2.45, 2.75) is 12.2 Å². The summed E-state index contributed by atoms with van der Waals surface area (Å²) >= 11 is 6.44. The molecule has 1 fully saturated rings. The average Bonchev–Trinajstić information content (AvgIpc) is 2.81. The lowest BCUT2D eigenvalue weighted by Crippen LogP contribution is -2.40.